The van der Waals surface area contributed by atoms with Gasteiger partial charge in [0, 0.05) is 10.6 Å². The maximum atomic E-state index is 12.7. The summed E-state index contributed by atoms with van der Waals surface area (Å²) in [5, 5.41) is 6.33. The van der Waals surface area contributed by atoms with Gasteiger partial charge in [-0.3, -0.25) is 4.79 Å². The zero-order chi connectivity index (χ0) is 23.9. The molecule has 0 heterocycles. The highest BCUT2D eigenvalue weighted by Crippen LogP contribution is 2.27. The van der Waals surface area contributed by atoms with Crippen LogP contribution in [0.1, 0.15) is 21.5 Å². The second-order valence-corrected chi connectivity index (χ2v) is 7.93. The number of fused-ring (bicyclic) bond motifs is 1. The number of hydrogen-bond donors (Lipinski definition) is 1. The molecule has 0 fully saturated rings. The van der Waals surface area contributed by atoms with Gasteiger partial charge in [0.15, 0.2) is 6.61 Å². The Morgan fingerprint density at radius 1 is 0.971 bits per heavy atom. The number of benzene rings is 4. The van der Waals surface area contributed by atoms with Crippen molar-refractivity contribution in [3.63, 3.8) is 0 Å². The first-order chi connectivity index (χ1) is 16.5. The van der Waals surface area contributed by atoms with Gasteiger partial charge in [-0.1, -0.05) is 65.7 Å². The van der Waals surface area contributed by atoms with E-state index in [1.165, 1.54) is 6.21 Å². The van der Waals surface area contributed by atoms with Crippen molar-refractivity contribution in [3.05, 3.63) is 107 Å². The van der Waals surface area contributed by atoms with Crippen LogP contribution in [0.5, 0.6) is 11.5 Å². The van der Waals surface area contributed by atoms with E-state index < -0.39 is 11.9 Å². The number of amides is 1. The Morgan fingerprint density at radius 2 is 1.76 bits per heavy atom. The fourth-order valence-electron chi connectivity index (χ4n) is 3.25. The molecular formula is C27H21ClN2O4. The normalized spacial score (nSPS) is 10.9. The molecule has 0 saturated heterocycles. The van der Waals surface area contributed by atoms with Gasteiger partial charge in [0.1, 0.15) is 11.5 Å². The molecule has 0 atom stereocenters. The van der Waals surface area contributed by atoms with Crippen LogP contribution in [0.4, 0.5) is 0 Å². The van der Waals surface area contributed by atoms with E-state index in [0.29, 0.717) is 27.6 Å². The summed E-state index contributed by atoms with van der Waals surface area (Å²) >= 11 is 5.92. The lowest BCUT2D eigenvalue weighted by Crippen LogP contribution is -2.24. The number of ether oxygens (including phenoxy) is 2. The van der Waals surface area contributed by atoms with Crippen LogP contribution in [-0.2, 0) is 4.79 Å². The smallest absolute Gasteiger partial charge is 0.343 e. The van der Waals surface area contributed by atoms with Crippen molar-refractivity contribution < 1.29 is 19.1 Å². The van der Waals surface area contributed by atoms with Gasteiger partial charge in [0.25, 0.3) is 5.91 Å². The molecule has 0 aliphatic heterocycles. The van der Waals surface area contributed by atoms with E-state index in [0.717, 1.165) is 16.3 Å². The largest absolute Gasteiger partial charge is 0.484 e. The Bertz CT molecular complexity index is 1370. The summed E-state index contributed by atoms with van der Waals surface area (Å²) < 4.78 is 11.1. The third-order valence-corrected chi connectivity index (χ3v) is 5.20. The topological polar surface area (TPSA) is 77.0 Å². The van der Waals surface area contributed by atoms with Gasteiger partial charge in [0.05, 0.1) is 11.8 Å². The van der Waals surface area contributed by atoms with E-state index in [9.17, 15) is 9.59 Å². The Labute approximate surface area is 201 Å². The molecule has 4 aromatic carbocycles. The highest BCUT2D eigenvalue weighted by molar-refractivity contribution is 6.30. The minimum atomic E-state index is -0.483. The number of carbonyl (C=O) groups is 2. The van der Waals surface area contributed by atoms with E-state index in [1.807, 2.05) is 49.4 Å². The number of halogens is 1. The molecule has 4 aromatic rings. The summed E-state index contributed by atoms with van der Waals surface area (Å²) in [6, 6.07) is 25.1. The van der Waals surface area contributed by atoms with E-state index >= 15 is 0 Å². The molecule has 6 nitrogen and oxygen atoms in total. The first-order valence-electron chi connectivity index (χ1n) is 10.5. The van der Waals surface area contributed by atoms with Crippen molar-refractivity contribution in [2.75, 3.05) is 6.61 Å². The summed E-state index contributed by atoms with van der Waals surface area (Å²) in [6.45, 7) is 1.71. The first kappa shape index (κ1) is 23.0. The molecule has 4 rings (SSSR count). The second-order valence-electron chi connectivity index (χ2n) is 7.49. The minimum absolute atomic E-state index is 0.234. The van der Waals surface area contributed by atoms with Gasteiger partial charge in [-0.25, -0.2) is 10.2 Å². The van der Waals surface area contributed by atoms with Crippen LogP contribution in [0, 0.1) is 6.92 Å². The zero-order valence-electron chi connectivity index (χ0n) is 18.3. The van der Waals surface area contributed by atoms with Crippen molar-refractivity contribution >= 4 is 40.5 Å². The predicted octanol–water partition coefficient (Wildman–Crippen LogP) is 5.55. The average Bonchev–Trinajstić information content (AvgIpc) is 2.84. The number of nitrogens with zero attached hydrogens (tertiary/aromatic N) is 1. The van der Waals surface area contributed by atoms with Gasteiger partial charge in [-0.05, 0) is 54.1 Å². The third-order valence-electron chi connectivity index (χ3n) is 4.97. The fraction of sp³-hybridized carbons (Fsp3) is 0.0741. The summed E-state index contributed by atoms with van der Waals surface area (Å²) in [6.07, 6.45) is 1.46. The van der Waals surface area contributed by atoms with Crippen molar-refractivity contribution in [3.8, 4) is 11.5 Å². The molecular weight excluding hydrogens is 452 g/mol. The highest BCUT2D eigenvalue weighted by Gasteiger charge is 2.13. The lowest BCUT2D eigenvalue weighted by Gasteiger charge is -2.11. The number of aryl methyl sites for hydroxylation is 1. The molecule has 0 radical (unpaired) electrons. The van der Waals surface area contributed by atoms with Gasteiger partial charge in [-0.15, -0.1) is 0 Å². The zero-order valence-corrected chi connectivity index (χ0v) is 19.1. The molecule has 0 bridgehead atoms. The quantitative estimate of drug-likeness (QED) is 0.165. The predicted molar refractivity (Wildman–Crippen MR) is 133 cm³/mol. The van der Waals surface area contributed by atoms with Crippen molar-refractivity contribution in [2.45, 2.75) is 6.92 Å². The first-order valence-corrected chi connectivity index (χ1v) is 10.9. The molecule has 1 N–H and O–H groups in total. The van der Waals surface area contributed by atoms with E-state index in [1.54, 1.807) is 42.5 Å². The van der Waals surface area contributed by atoms with Crippen LogP contribution in [-0.4, -0.2) is 24.7 Å². The Kier molecular flexibility index (Phi) is 7.20. The molecule has 7 heteroatoms. The van der Waals surface area contributed by atoms with Gasteiger partial charge in [0.2, 0.25) is 0 Å². The Hall–Kier alpha value is -4.16. The number of hydrazone groups is 1. The lowest BCUT2D eigenvalue weighted by atomic mass is 10.0. The fourth-order valence-corrected chi connectivity index (χ4v) is 3.43. The Balaban J connectivity index is 1.50. The summed E-state index contributed by atoms with van der Waals surface area (Å²) in [4.78, 5) is 24.8. The van der Waals surface area contributed by atoms with Crippen molar-refractivity contribution in [2.24, 2.45) is 5.10 Å². The molecule has 1 amide bonds. The third kappa shape index (κ3) is 5.79. The van der Waals surface area contributed by atoms with E-state index in [4.69, 9.17) is 21.1 Å². The van der Waals surface area contributed by atoms with Gasteiger partial charge in [-0.2, -0.15) is 5.10 Å². The van der Waals surface area contributed by atoms with E-state index in [-0.39, 0.29) is 6.61 Å². The minimum Gasteiger partial charge on any atom is -0.484 e. The summed E-state index contributed by atoms with van der Waals surface area (Å²) in [7, 11) is 0. The standard InChI is InChI=1S/C27H21ClN2O4/c1-18-9-11-20(12-10-18)27(32)34-25-14-13-19-5-2-3-8-23(19)24(25)16-29-30-26(31)17-33-22-7-4-6-21(28)15-22/h2-16H,17H2,1H3,(H,30,31)/b29-16-. The van der Waals surface area contributed by atoms with E-state index in [2.05, 4.69) is 10.5 Å². The van der Waals surface area contributed by atoms with Gasteiger partial charge < -0.3 is 9.47 Å². The summed E-state index contributed by atoms with van der Waals surface area (Å²) in [5.41, 5.74) is 4.48. The van der Waals surface area contributed by atoms with Crippen LogP contribution in [0.15, 0.2) is 90.0 Å². The maximum absolute atomic E-state index is 12.7. The number of rotatable bonds is 7. The van der Waals surface area contributed by atoms with Gasteiger partial charge >= 0.3 is 5.97 Å². The van der Waals surface area contributed by atoms with Crippen LogP contribution < -0.4 is 14.9 Å². The molecule has 34 heavy (non-hydrogen) atoms. The number of carbonyl (C=O) groups excluding carboxylic acids is 2. The molecule has 0 aliphatic rings. The lowest BCUT2D eigenvalue weighted by molar-refractivity contribution is -0.123. The van der Waals surface area contributed by atoms with Crippen LogP contribution in [0.2, 0.25) is 5.02 Å². The van der Waals surface area contributed by atoms with Crippen molar-refractivity contribution in [1.82, 2.24) is 5.43 Å². The number of esters is 1. The van der Waals surface area contributed by atoms with Crippen LogP contribution >= 0.6 is 11.6 Å². The second kappa shape index (κ2) is 10.6. The average molecular weight is 473 g/mol. The molecule has 0 aromatic heterocycles. The number of hydrogen-bond acceptors (Lipinski definition) is 5. The van der Waals surface area contributed by atoms with Crippen LogP contribution in [0.25, 0.3) is 10.8 Å². The van der Waals surface area contributed by atoms with Crippen LogP contribution in [0.3, 0.4) is 0 Å². The Morgan fingerprint density at radius 3 is 2.56 bits per heavy atom. The summed E-state index contributed by atoms with van der Waals surface area (Å²) in [5.74, 6) is -0.123. The molecule has 0 aliphatic carbocycles. The molecule has 0 unspecified atom stereocenters. The molecule has 170 valence electrons. The molecule has 0 saturated carbocycles. The molecule has 0 spiro atoms. The van der Waals surface area contributed by atoms with Crippen molar-refractivity contribution in [1.29, 1.82) is 0 Å². The maximum Gasteiger partial charge on any atom is 0.343 e. The number of nitrogens with one attached hydrogen (secondary N) is 1. The SMILES string of the molecule is Cc1ccc(C(=O)Oc2ccc3ccccc3c2/C=N\NC(=O)COc2cccc(Cl)c2)cc1. The highest BCUT2D eigenvalue weighted by atomic mass is 35.5. The monoisotopic (exact) mass is 472 g/mol.